The zero-order valence-electron chi connectivity index (χ0n) is 72.5. The molecule has 0 atom stereocenters. The molecule has 0 N–H and O–H groups in total. The number of nitrogens with zero attached hydrogens (tertiary/aromatic N) is 6. The van der Waals surface area contributed by atoms with E-state index in [-0.39, 0.29) is 11.3 Å². The Labute approximate surface area is 594 Å². The topological polar surface area (TPSA) is 23.3 Å². The van der Waals surface area contributed by atoms with Gasteiger partial charge in [-0.15, -0.1) is 0 Å². The van der Waals surface area contributed by atoms with Gasteiger partial charge in [-0.1, -0.05) is 109 Å². The van der Waals surface area contributed by atoms with Crippen molar-refractivity contribution in [3.05, 3.63) is 319 Å². The summed E-state index contributed by atoms with van der Waals surface area (Å²) in [5.41, 5.74) is 31.9. The van der Waals surface area contributed by atoms with Crippen LogP contribution in [0.3, 0.4) is 0 Å². The molecular weight excluding hydrogens is 1170 g/mol. The van der Waals surface area contributed by atoms with E-state index in [0.717, 1.165) is 28.1 Å². The molecule has 0 saturated heterocycles. The fourth-order valence-corrected chi connectivity index (χ4v) is 12.3. The minimum Gasteiger partial charge on any atom is -0.201 e. The zero-order valence-corrected chi connectivity index (χ0v) is 60.5. The van der Waals surface area contributed by atoms with Crippen LogP contribution in [0.4, 0.5) is 0 Å². The Kier molecular flexibility index (Phi) is 20.1. The number of hydrogen-bond acceptors (Lipinski definition) is 0. The average Bonchev–Trinajstić information content (AvgIpc) is 0.765. The minimum atomic E-state index is -2.50. The molecule has 0 amide bonds. The Balaban J connectivity index is 0.000000181. The molecule has 0 fully saturated rings. The first-order valence-corrected chi connectivity index (χ1v) is 32.7. The molecule has 0 saturated carbocycles. The Hall–Kier alpha value is -9.78. The van der Waals surface area contributed by atoms with Gasteiger partial charge in [0.15, 0.2) is 36.2 Å². The van der Waals surface area contributed by atoms with E-state index in [1.165, 1.54) is 122 Å². The maximum absolute atomic E-state index is 7.71. The molecule has 0 unspecified atom stereocenters. The van der Waals surface area contributed by atoms with E-state index in [1.54, 1.807) is 37.6 Å². The largest absolute Gasteiger partial charge is 0.215 e. The van der Waals surface area contributed by atoms with Crippen LogP contribution in [0.1, 0.15) is 117 Å². The number of hydrogen-bond donors (Lipinski definition) is 0. The monoisotopic (exact) mass is 1280 g/mol. The molecule has 6 aromatic carbocycles. The third kappa shape index (κ3) is 18.6. The second-order valence-corrected chi connectivity index (χ2v) is 25.6. The number of rotatable bonds is 6. The predicted octanol–water partition coefficient (Wildman–Crippen LogP) is 18.6. The van der Waals surface area contributed by atoms with Gasteiger partial charge in [0.05, 0.1) is 11.1 Å². The summed E-state index contributed by atoms with van der Waals surface area (Å²) in [6.07, 6.45) is 7.72. The molecule has 492 valence electrons. The van der Waals surface area contributed by atoms with Gasteiger partial charge < -0.3 is 0 Å². The smallest absolute Gasteiger partial charge is 0.201 e. The summed E-state index contributed by atoms with van der Waals surface area (Å²) < 4.78 is 102. The van der Waals surface area contributed by atoms with Gasteiger partial charge in [0.25, 0.3) is 0 Å². The average molecular weight is 1290 g/mol. The number of aryl methyl sites for hydroxylation is 20. The van der Waals surface area contributed by atoms with E-state index in [0.29, 0.717) is 16.8 Å². The van der Waals surface area contributed by atoms with Crippen molar-refractivity contribution in [2.75, 3.05) is 0 Å². The van der Waals surface area contributed by atoms with Crippen molar-refractivity contribution in [2.45, 2.75) is 124 Å². The first kappa shape index (κ1) is 57.6. The summed E-state index contributed by atoms with van der Waals surface area (Å²) >= 11 is 0. The van der Waals surface area contributed by atoms with Crippen molar-refractivity contribution in [1.29, 1.82) is 0 Å². The zero-order chi connectivity index (χ0) is 80.2. The number of benzene rings is 6. The fourth-order valence-electron chi connectivity index (χ4n) is 12.3. The summed E-state index contributed by atoms with van der Waals surface area (Å²) in [5, 5.41) is 0. The standard InChI is InChI=1S/6C15H18N/c1-11-5-7-13(3)14(9-11)15-8-6-12(2)10-16(15)4;2*1-11-8-9-14(16(4)10-11)15-12(2)6-5-7-13(15)3;1-11-9-13(3)15(16(4)10-11)14-8-6-5-7-12(14)2;2*1-11-9-10-15(16(4)13(11)3)14-8-6-5-7-12(14)2/h6*5-10H,1-4H3/q6*+1/i2D3;1D3;;;1D3,3D3;. The Bertz CT molecular complexity index is 5120. The lowest BCUT2D eigenvalue weighted by molar-refractivity contribution is -0.667. The van der Waals surface area contributed by atoms with Gasteiger partial charge in [-0.25, -0.2) is 18.3 Å². The molecule has 6 heterocycles. The van der Waals surface area contributed by atoms with Gasteiger partial charge >= 0.3 is 0 Å². The predicted molar refractivity (Wildman–Crippen MR) is 404 cm³/mol. The van der Waals surface area contributed by atoms with E-state index in [4.69, 9.17) is 16.4 Å². The van der Waals surface area contributed by atoms with Crippen molar-refractivity contribution >= 4 is 0 Å². The highest BCUT2D eigenvalue weighted by molar-refractivity contribution is 5.68. The van der Waals surface area contributed by atoms with Crippen molar-refractivity contribution in [3.63, 3.8) is 0 Å². The van der Waals surface area contributed by atoms with Crippen LogP contribution in [-0.4, -0.2) is 0 Å². The number of aromatic nitrogens is 6. The van der Waals surface area contributed by atoms with Gasteiger partial charge in [-0.3, -0.25) is 0 Å². The molecule has 6 nitrogen and oxygen atoms in total. The third-order valence-electron chi connectivity index (χ3n) is 17.8. The molecule has 0 aliphatic heterocycles. The molecule has 96 heavy (non-hydrogen) atoms. The van der Waals surface area contributed by atoms with Crippen molar-refractivity contribution in [1.82, 2.24) is 0 Å². The van der Waals surface area contributed by atoms with E-state index in [2.05, 4.69) is 265 Å². The highest BCUT2D eigenvalue weighted by Crippen LogP contribution is 2.28. The molecular formula is C90H108N6+6. The van der Waals surface area contributed by atoms with Gasteiger partial charge in [-0.2, -0.15) is 9.13 Å². The summed E-state index contributed by atoms with van der Waals surface area (Å²) in [6, 6.07) is 64.8. The Morgan fingerprint density at radius 3 is 1.03 bits per heavy atom. The summed E-state index contributed by atoms with van der Waals surface area (Å²) in [6.45, 7) is 20.5. The van der Waals surface area contributed by atoms with Crippen LogP contribution in [0, 0.1) is 124 Å². The van der Waals surface area contributed by atoms with Crippen molar-refractivity contribution in [3.8, 4) is 67.5 Å². The molecule has 0 aliphatic rings. The third-order valence-corrected chi connectivity index (χ3v) is 17.8. The van der Waals surface area contributed by atoms with Crippen molar-refractivity contribution < 1.29 is 43.9 Å². The van der Waals surface area contributed by atoms with Crippen LogP contribution in [0.2, 0.25) is 0 Å². The SMILES string of the molecule is Cc1cc(C)c(-c2ccccc2C)[n+](C)c1.Cc1ccc(-c2c(C)cccc2C)[n+](C)c1.Cc1ccccc1-c1ccc(C)c(C)[n+]1C.[2H]C([2H])([2H])c1ccc(-c2c(C)cccc2C)[n+](C)c1.[2H]C([2H])([2H])c1ccc(-c2cc(C)ccc2C)[n+](C)c1.[2H]C([2H])([2H])c1ccc(-c2ccccc2C)[n+](C)c1C([2H])([2H])[2H]. The highest BCUT2D eigenvalue weighted by Gasteiger charge is 2.20. The van der Waals surface area contributed by atoms with Crippen LogP contribution < -0.4 is 27.4 Å². The molecule has 6 aromatic heterocycles. The first-order valence-electron chi connectivity index (χ1n) is 38.7. The van der Waals surface area contributed by atoms with E-state index >= 15 is 0 Å². The molecule has 0 bridgehead atoms. The first-order chi connectivity index (χ1) is 50.4. The van der Waals surface area contributed by atoms with Crippen LogP contribution in [0.5, 0.6) is 0 Å². The number of pyridine rings is 6. The minimum absolute atomic E-state index is 0.132. The second kappa shape index (κ2) is 33.6. The molecule has 0 radical (unpaired) electrons. The molecule has 0 spiro atoms. The Morgan fingerprint density at radius 1 is 0.229 bits per heavy atom. The molecule has 12 aromatic rings. The Morgan fingerprint density at radius 2 is 0.594 bits per heavy atom. The highest BCUT2D eigenvalue weighted by atomic mass is 15.0. The van der Waals surface area contributed by atoms with Gasteiger partial charge in [0.1, 0.15) is 42.3 Å². The lowest BCUT2D eigenvalue weighted by atomic mass is 9.99. The maximum atomic E-state index is 7.71. The van der Waals surface area contributed by atoms with Gasteiger partial charge in [-0.05, 0) is 216 Å². The summed E-state index contributed by atoms with van der Waals surface area (Å²) in [5.74, 6) is 0. The van der Waals surface area contributed by atoms with Crippen molar-refractivity contribution in [2.24, 2.45) is 42.3 Å². The second-order valence-electron chi connectivity index (χ2n) is 25.6. The van der Waals surface area contributed by atoms with Crippen LogP contribution >= 0.6 is 0 Å². The summed E-state index contributed by atoms with van der Waals surface area (Å²) in [4.78, 5) is 0. The van der Waals surface area contributed by atoms with E-state index < -0.39 is 27.4 Å². The van der Waals surface area contributed by atoms with Crippen LogP contribution in [0.15, 0.2) is 219 Å². The lowest BCUT2D eigenvalue weighted by Gasteiger charge is -2.07. The lowest BCUT2D eigenvalue weighted by Crippen LogP contribution is -2.35. The van der Waals surface area contributed by atoms with E-state index in [1.807, 2.05) is 72.6 Å². The molecule has 12 rings (SSSR count). The fraction of sp³-hybridized carbons (Fsp3) is 0.267. The van der Waals surface area contributed by atoms with E-state index in [9.17, 15) is 0 Å². The quantitative estimate of drug-likeness (QED) is 0.148. The van der Waals surface area contributed by atoms with Gasteiger partial charge in [0, 0.05) is 122 Å². The maximum Gasteiger partial charge on any atom is 0.215 e. The molecule has 0 aliphatic carbocycles. The molecule has 6 heteroatoms. The summed E-state index contributed by atoms with van der Waals surface area (Å²) in [7, 11) is 11.7. The van der Waals surface area contributed by atoms with Crippen LogP contribution in [-0.2, 0) is 42.3 Å². The van der Waals surface area contributed by atoms with Crippen LogP contribution in [0.25, 0.3) is 67.5 Å². The normalized spacial score (nSPS) is 12.9. The van der Waals surface area contributed by atoms with Gasteiger partial charge in [0.2, 0.25) is 34.2 Å².